The minimum atomic E-state index is 0. The highest BCUT2D eigenvalue weighted by Crippen LogP contribution is 2.33. The summed E-state index contributed by atoms with van der Waals surface area (Å²) in [6.07, 6.45) is 2.07. The Balaban J connectivity index is 0.00000144. The van der Waals surface area contributed by atoms with Crippen LogP contribution in [0.25, 0.3) is 0 Å². The van der Waals surface area contributed by atoms with E-state index < -0.39 is 0 Å². The zero-order chi connectivity index (χ0) is 11.5. The van der Waals surface area contributed by atoms with E-state index >= 15 is 0 Å². The number of hydrogen-bond acceptors (Lipinski definition) is 2. The van der Waals surface area contributed by atoms with Crippen molar-refractivity contribution < 1.29 is 4.74 Å². The van der Waals surface area contributed by atoms with Crippen LogP contribution in [0.5, 0.6) is 0 Å². The molecule has 1 atom stereocenters. The van der Waals surface area contributed by atoms with Crippen LogP contribution >= 0.6 is 24.0 Å². The van der Waals surface area contributed by atoms with Gasteiger partial charge in [-0.25, -0.2) is 0 Å². The second-order valence-electron chi connectivity index (χ2n) is 4.45. The molecule has 0 amide bonds. The van der Waals surface area contributed by atoms with E-state index in [1.165, 1.54) is 5.56 Å². The number of hydrogen-bond donors (Lipinski definition) is 1. The Hall–Kier alpha value is -0.280. The van der Waals surface area contributed by atoms with E-state index in [1.807, 2.05) is 12.1 Å². The van der Waals surface area contributed by atoms with Crippen molar-refractivity contribution >= 4 is 24.0 Å². The van der Waals surface area contributed by atoms with Crippen molar-refractivity contribution in [3.8, 4) is 0 Å². The fourth-order valence-electron chi connectivity index (χ4n) is 2.38. The van der Waals surface area contributed by atoms with E-state index in [-0.39, 0.29) is 18.4 Å². The maximum absolute atomic E-state index is 6.33. The van der Waals surface area contributed by atoms with Crippen molar-refractivity contribution in [1.82, 2.24) is 0 Å². The van der Waals surface area contributed by atoms with Crippen LogP contribution in [0.4, 0.5) is 0 Å². The van der Waals surface area contributed by atoms with Crippen molar-refractivity contribution in [1.29, 1.82) is 0 Å². The molecule has 1 aromatic carbocycles. The maximum Gasteiger partial charge on any atom is 0.0469 e. The lowest BCUT2D eigenvalue weighted by atomic mass is 9.86. The molecule has 0 saturated carbocycles. The largest absolute Gasteiger partial charge is 0.381 e. The van der Waals surface area contributed by atoms with E-state index in [1.54, 1.807) is 0 Å². The molecule has 1 saturated heterocycles. The van der Waals surface area contributed by atoms with Gasteiger partial charge in [-0.15, -0.1) is 12.4 Å². The van der Waals surface area contributed by atoms with Gasteiger partial charge in [0.05, 0.1) is 0 Å². The molecule has 0 aliphatic carbocycles. The molecule has 0 radical (unpaired) electrons. The van der Waals surface area contributed by atoms with Gasteiger partial charge in [-0.2, -0.15) is 0 Å². The van der Waals surface area contributed by atoms with Crippen LogP contribution < -0.4 is 5.73 Å². The maximum atomic E-state index is 6.33. The summed E-state index contributed by atoms with van der Waals surface area (Å²) >= 11 is 6.23. The Morgan fingerprint density at radius 2 is 2.00 bits per heavy atom. The molecule has 1 fully saturated rings. The molecule has 1 aliphatic rings. The van der Waals surface area contributed by atoms with Crippen LogP contribution in [0.3, 0.4) is 0 Å². The highest BCUT2D eigenvalue weighted by molar-refractivity contribution is 6.31. The molecule has 0 unspecified atom stereocenters. The Morgan fingerprint density at radius 3 is 2.59 bits per heavy atom. The molecule has 0 aromatic heterocycles. The Labute approximate surface area is 114 Å². The highest BCUT2D eigenvalue weighted by atomic mass is 35.5. The number of halogens is 2. The number of ether oxygens (including phenoxy) is 1. The number of benzene rings is 1. The summed E-state index contributed by atoms with van der Waals surface area (Å²) in [6.45, 7) is 3.71. The lowest BCUT2D eigenvalue weighted by Crippen LogP contribution is -2.28. The lowest BCUT2D eigenvalue weighted by Gasteiger charge is -2.29. The molecule has 17 heavy (non-hydrogen) atoms. The van der Waals surface area contributed by atoms with Gasteiger partial charge in [-0.3, -0.25) is 0 Å². The number of aryl methyl sites for hydroxylation is 1. The van der Waals surface area contributed by atoms with Crippen LogP contribution in [0.2, 0.25) is 5.02 Å². The summed E-state index contributed by atoms with van der Waals surface area (Å²) in [5, 5.41) is 0.791. The Bertz CT molecular complexity index is 344. The van der Waals surface area contributed by atoms with Crippen LogP contribution in [-0.4, -0.2) is 13.2 Å². The fourth-order valence-corrected chi connectivity index (χ4v) is 2.73. The van der Waals surface area contributed by atoms with Gasteiger partial charge in [0.2, 0.25) is 0 Å². The van der Waals surface area contributed by atoms with Crippen molar-refractivity contribution in [2.24, 2.45) is 11.7 Å². The summed E-state index contributed by atoms with van der Waals surface area (Å²) < 4.78 is 5.36. The predicted molar refractivity (Wildman–Crippen MR) is 73.9 cm³/mol. The van der Waals surface area contributed by atoms with Gasteiger partial charge >= 0.3 is 0 Å². The molecule has 2 rings (SSSR count). The monoisotopic (exact) mass is 275 g/mol. The average Bonchev–Trinajstić information content (AvgIpc) is 2.30. The molecule has 0 bridgehead atoms. The van der Waals surface area contributed by atoms with E-state index in [0.29, 0.717) is 5.92 Å². The molecule has 1 aromatic rings. The summed E-state index contributed by atoms with van der Waals surface area (Å²) in [5.41, 5.74) is 8.63. The predicted octanol–water partition coefficient (Wildman–Crippen LogP) is 3.50. The topological polar surface area (TPSA) is 35.2 Å². The first kappa shape index (κ1) is 14.8. The lowest BCUT2D eigenvalue weighted by molar-refractivity contribution is 0.0583. The summed E-state index contributed by atoms with van der Waals surface area (Å²) in [5.74, 6) is 0.493. The normalized spacial score (nSPS) is 18.5. The van der Waals surface area contributed by atoms with Crippen LogP contribution in [0.1, 0.15) is 30.0 Å². The van der Waals surface area contributed by atoms with Gasteiger partial charge in [0.1, 0.15) is 0 Å². The molecule has 0 spiro atoms. The van der Waals surface area contributed by atoms with E-state index in [0.717, 1.165) is 36.6 Å². The third-order valence-corrected chi connectivity index (χ3v) is 3.71. The second kappa shape index (κ2) is 6.60. The van der Waals surface area contributed by atoms with Crippen molar-refractivity contribution in [3.63, 3.8) is 0 Å². The summed E-state index contributed by atoms with van der Waals surface area (Å²) in [6, 6.07) is 6.00. The molecule has 2 N–H and O–H groups in total. The average molecular weight is 276 g/mol. The third-order valence-electron chi connectivity index (χ3n) is 3.38. The molecular weight excluding hydrogens is 257 g/mol. The summed E-state index contributed by atoms with van der Waals surface area (Å²) in [4.78, 5) is 0. The molecule has 2 nitrogen and oxygen atoms in total. The minimum Gasteiger partial charge on any atom is -0.381 e. The Kier molecular flexibility index (Phi) is 5.74. The van der Waals surface area contributed by atoms with Gasteiger partial charge in [0.15, 0.2) is 0 Å². The van der Waals surface area contributed by atoms with Gasteiger partial charge in [0, 0.05) is 24.3 Å². The first-order valence-electron chi connectivity index (χ1n) is 5.78. The number of nitrogens with two attached hydrogens (primary N) is 1. The first-order valence-corrected chi connectivity index (χ1v) is 6.16. The van der Waals surface area contributed by atoms with Crippen molar-refractivity contribution in [2.45, 2.75) is 25.8 Å². The Morgan fingerprint density at radius 1 is 1.35 bits per heavy atom. The quantitative estimate of drug-likeness (QED) is 0.897. The smallest absolute Gasteiger partial charge is 0.0469 e. The minimum absolute atomic E-state index is 0. The zero-order valence-electron chi connectivity index (χ0n) is 9.99. The molecule has 1 aliphatic heterocycles. The van der Waals surface area contributed by atoms with Crippen LogP contribution in [0, 0.1) is 12.8 Å². The third kappa shape index (κ3) is 3.35. The van der Waals surface area contributed by atoms with Gasteiger partial charge in [-0.05, 0) is 42.9 Å². The second-order valence-corrected chi connectivity index (χ2v) is 4.85. The first-order chi connectivity index (χ1) is 7.70. The standard InChI is InChI=1S/C13H18ClNO.ClH/c1-9-3-2-4-11(14)12(9)13(15)10-5-7-16-8-6-10;/h2-4,10,13H,5-8,15H2,1H3;1H/t13-;/m1./s1. The summed E-state index contributed by atoms with van der Waals surface area (Å²) in [7, 11) is 0. The number of rotatable bonds is 2. The molecular formula is C13H19Cl2NO. The van der Waals surface area contributed by atoms with E-state index in [4.69, 9.17) is 22.1 Å². The SMILES string of the molecule is Cc1cccc(Cl)c1[C@H](N)C1CCOCC1.Cl. The van der Waals surface area contributed by atoms with Gasteiger partial charge in [-0.1, -0.05) is 23.7 Å². The van der Waals surface area contributed by atoms with Gasteiger partial charge < -0.3 is 10.5 Å². The van der Waals surface area contributed by atoms with E-state index in [2.05, 4.69) is 13.0 Å². The molecule has 1 heterocycles. The van der Waals surface area contributed by atoms with Crippen LogP contribution in [0.15, 0.2) is 18.2 Å². The molecule has 96 valence electrons. The van der Waals surface area contributed by atoms with E-state index in [9.17, 15) is 0 Å². The highest BCUT2D eigenvalue weighted by Gasteiger charge is 2.24. The van der Waals surface area contributed by atoms with Gasteiger partial charge in [0.25, 0.3) is 0 Å². The molecule has 4 heteroatoms. The van der Waals surface area contributed by atoms with Crippen molar-refractivity contribution in [3.05, 3.63) is 34.3 Å². The zero-order valence-corrected chi connectivity index (χ0v) is 11.6. The van der Waals surface area contributed by atoms with Crippen molar-refractivity contribution in [2.75, 3.05) is 13.2 Å². The fraction of sp³-hybridized carbons (Fsp3) is 0.538. The van der Waals surface area contributed by atoms with Crippen LogP contribution in [-0.2, 0) is 4.74 Å².